The first-order chi connectivity index (χ1) is 8.77. The molecule has 3 nitrogen and oxygen atoms in total. The standard InChI is InChI=1S/C14H22O3Si/c1-16-14(17-2)18-11-7-3-4-10-13(15)12-8-5-6-9-12/h5-6,8-9,14-15H,3-4,7,10-11H2,1-2H3. The van der Waals surface area contributed by atoms with Gasteiger partial charge in [-0.3, -0.25) is 0 Å². The van der Waals surface area contributed by atoms with Crippen LogP contribution in [0.15, 0.2) is 35.6 Å². The van der Waals surface area contributed by atoms with Crippen molar-refractivity contribution in [3.05, 3.63) is 35.6 Å². The second-order valence-corrected chi connectivity index (χ2v) is 5.57. The van der Waals surface area contributed by atoms with Gasteiger partial charge in [0.25, 0.3) is 0 Å². The van der Waals surface area contributed by atoms with Crippen LogP contribution in [0.4, 0.5) is 0 Å². The van der Waals surface area contributed by atoms with Gasteiger partial charge in [-0.15, -0.1) is 0 Å². The van der Waals surface area contributed by atoms with Gasteiger partial charge in [-0.2, -0.15) is 0 Å². The minimum atomic E-state index is -0.0470. The monoisotopic (exact) mass is 266 g/mol. The lowest BCUT2D eigenvalue weighted by Gasteiger charge is -2.11. The van der Waals surface area contributed by atoms with Gasteiger partial charge in [-0.05, 0) is 6.42 Å². The average molecular weight is 266 g/mol. The van der Waals surface area contributed by atoms with Crippen molar-refractivity contribution in [2.45, 2.75) is 37.6 Å². The second kappa shape index (κ2) is 9.14. The van der Waals surface area contributed by atoms with E-state index >= 15 is 0 Å². The Morgan fingerprint density at radius 1 is 1.17 bits per heavy atom. The van der Waals surface area contributed by atoms with Crippen molar-refractivity contribution in [3.63, 3.8) is 0 Å². The van der Waals surface area contributed by atoms with Crippen LogP contribution in [-0.2, 0) is 9.47 Å². The van der Waals surface area contributed by atoms with Crippen molar-refractivity contribution in [3.8, 4) is 0 Å². The number of rotatable bonds is 9. The Bertz CT molecular complexity index is 303. The van der Waals surface area contributed by atoms with Gasteiger partial charge >= 0.3 is 0 Å². The van der Waals surface area contributed by atoms with E-state index in [1.165, 1.54) is 0 Å². The highest BCUT2D eigenvalue weighted by molar-refractivity contribution is 6.36. The smallest absolute Gasteiger partial charge is 0.136 e. The summed E-state index contributed by atoms with van der Waals surface area (Å²) in [5.74, 6) is 0.461. The summed E-state index contributed by atoms with van der Waals surface area (Å²) < 4.78 is 10.3. The van der Waals surface area contributed by atoms with Crippen molar-refractivity contribution >= 4 is 9.52 Å². The molecule has 0 saturated carbocycles. The topological polar surface area (TPSA) is 38.7 Å². The largest absolute Gasteiger partial charge is 0.512 e. The summed E-state index contributed by atoms with van der Waals surface area (Å²) in [7, 11) is 4.04. The summed E-state index contributed by atoms with van der Waals surface area (Å²) in [6.45, 7) is 0. The Hall–Kier alpha value is -0.843. The van der Waals surface area contributed by atoms with Gasteiger partial charge < -0.3 is 14.6 Å². The highest BCUT2D eigenvalue weighted by Gasteiger charge is 2.06. The van der Waals surface area contributed by atoms with E-state index in [4.69, 9.17) is 9.47 Å². The van der Waals surface area contributed by atoms with Gasteiger partial charge in [0.05, 0.1) is 5.76 Å². The molecule has 1 aliphatic carbocycles. The zero-order chi connectivity index (χ0) is 13.2. The SMILES string of the molecule is COC(OC)[Si]CCCCCC(O)=C1C=CC=C1. The summed E-state index contributed by atoms with van der Waals surface area (Å²) in [5.41, 5.74) is 0.954. The van der Waals surface area contributed by atoms with Crippen LogP contribution in [0.2, 0.25) is 6.04 Å². The van der Waals surface area contributed by atoms with Crippen LogP contribution in [0, 0.1) is 0 Å². The maximum Gasteiger partial charge on any atom is 0.136 e. The zero-order valence-electron chi connectivity index (χ0n) is 11.2. The predicted molar refractivity (Wildman–Crippen MR) is 74.8 cm³/mol. The van der Waals surface area contributed by atoms with Gasteiger partial charge in [-0.1, -0.05) is 43.2 Å². The second-order valence-electron chi connectivity index (χ2n) is 4.19. The minimum Gasteiger partial charge on any atom is -0.512 e. The molecule has 0 heterocycles. The maximum absolute atomic E-state index is 9.81. The zero-order valence-corrected chi connectivity index (χ0v) is 12.2. The lowest BCUT2D eigenvalue weighted by atomic mass is 10.1. The molecule has 18 heavy (non-hydrogen) atoms. The summed E-state index contributed by atoms with van der Waals surface area (Å²) in [6, 6.07) is 1.13. The van der Waals surface area contributed by atoms with E-state index in [1.807, 2.05) is 24.3 Å². The van der Waals surface area contributed by atoms with Crippen LogP contribution in [-0.4, -0.2) is 34.8 Å². The van der Waals surface area contributed by atoms with E-state index in [0.29, 0.717) is 15.3 Å². The summed E-state index contributed by atoms with van der Waals surface area (Å²) >= 11 is 0. The molecule has 4 heteroatoms. The first-order valence-corrected chi connectivity index (χ1v) is 7.62. The number of aliphatic hydroxyl groups is 1. The molecule has 0 aromatic carbocycles. The van der Waals surface area contributed by atoms with Gasteiger partial charge in [0.1, 0.15) is 15.4 Å². The Labute approximate surface area is 112 Å². The van der Waals surface area contributed by atoms with Crippen molar-refractivity contribution in [1.82, 2.24) is 0 Å². The summed E-state index contributed by atoms with van der Waals surface area (Å²) in [5, 5.41) is 9.81. The van der Waals surface area contributed by atoms with Crippen LogP contribution < -0.4 is 0 Å². The highest BCUT2D eigenvalue weighted by atomic mass is 28.2. The number of allylic oxidation sites excluding steroid dienone is 6. The molecule has 0 bridgehead atoms. The molecular weight excluding hydrogens is 244 g/mol. The molecule has 0 fully saturated rings. The number of unbranched alkanes of at least 4 members (excludes halogenated alkanes) is 2. The fourth-order valence-electron chi connectivity index (χ4n) is 1.79. The van der Waals surface area contributed by atoms with Crippen LogP contribution in [0.1, 0.15) is 25.7 Å². The Morgan fingerprint density at radius 2 is 1.83 bits per heavy atom. The third-order valence-electron chi connectivity index (χ3n) is 2.83. The number of aliphatic hydroxyl groups excluding tert-OH is 1. The van der Waals surface area contributed by atoms with Crippen LogP contribution >= 0.6 is 0 Å². The lowest BCUT2D eigenvalue weighted by Crippen LogP contribution is -2.20. The third kappa shape index (κ3) is 5.66. The van der Waals surface area contributed by atoms with Crippen LogP contribution in [0.25, 0.3) is 0 Å². The van der Waals surface area contributed by atoms with Crippen LogP contribution in [0.5, 0.6) is 0 Å². The lowest BCUT2D eigenvalue weighted by molar-refractivity contribution is -0.0441. The quantitative estimate of drug-likeness (QED) is 0.301. The van der Waals surface area contributed by atoms with E-state index in [9.17, 15) is 5.11 Å². The molecule has 0 unspecified atom stereocenters. The van der Waals surface area contributed by atoms with E-state index in [1.54, 1.807) is 14.2 Å². The van der Waals surface area contributed by atoms with E-state index < -0.39 is 0 Å². The van der Waals surface area contributed by atoms with Gasteiger partial charge in [0.15, 0.2) is 0 Å². The minimum absolute atomic E-state index is 0.0470. The predicted octanol–water partition coefficient (Wildman–Crippen LogP) is 3.18. The first kappa shape index (κ1) is 15.2. The van der Waals surface area contributed by atoms with E-state index in [2.05, 4.69) is 0 Å². The van der Waals surface area contributed by atoms with Gasteiger partial charge in [-0.25, -0.2) is 0 Å². The Morgan fingerprint density at radius 3 is 2.44 bits per heavy atom. The Kier molecular flexibility index (Phi) is 7.72. The molecule has 0 aliphatic heterocycles. The van der Waals surface area contributed by atoms with Gasteiger partial charge in [0, 0.05) is 26.2 Å². The number of hydrogen-bond acceptors (Lipinski definition) is 3. The molecule has 1 N–H and O–H groups in total. The molecule has 0 amide bonds. The van der Waals surface area contributed by atoms with Crippen LogP contribution in [0.3, 0.4) is 0 Å². The molecule has 0 aromatic heterocycles. The average Bonchev–Trinajstić information content (AvgIpc) is 2.92. The number of hydrogen-bond donors (Lipinski definition) is 1. The third-order valence-corrected chi connectivity index (χ3v) is 4.27. The first-order valence-electron chi connectivity index (χ1n) is 6.33. The maximum atomic E-state index is 9.81. The fourth-order valence-corrected chi connectivity index (χ4v) is 2.81. The van der Waals surface area contributed by atoms with E-state index in [0.717, 1.165) is 37.3 Å². The summed E-state index contributed by atoms with van der Waals surface area (Å²) in [4.78, 5) is 0. The van der Waals surface area contributed by atoms with Gasteiger partial charge in [0.2, 0.25) is 0 Å². The van der Waals surface area contributed by atoms with Crippen molar-refractivity contribution in [2.75, 3.05) is 14.2 Å². The molecule has 0 atom stereocenters. The molecule has 1 aliphatic rings. The number of ether oxygens (including phenoxy) is 2. The molecule has 0 saturated heterocycles. The fraction of sp³-hybridized carbons (Fsp3) is 0.571. The molecule has 2 radical (unpaired) electrons. The summed E-state index contributed by atoms with van der Waals surface area (Å²) in [6.07, 6.45) is 11.9. The van der Waals surface area contributed by atoms with Crippen molar-refractivity contribution in [1.29, 1.82) is 0 Å². The molecule has 1 rings (SSSR count). The molecular formula is C14H22O3Si. The van der Waals surface area contributed by atoms with E-state index in [-0.39, 0.29) is 5.91 Å². The molecule has 0 spiro atoms. The molecule has 100 valence electrons. The van der Waals surface area contributed by atoms with Crippen molar-refractivity contribution in [2.24, 2.45) is 0 Å². The normalized spacial score (nSPS) is 13.8. The van der Waals surface area contributed by atoms with Crippen molar-refractivity contribution < 1.29 is 14.6 Å². The Balaban J connectivity index is 2.04. The highest BCUT2D eigenvalue weighted by Crippen LogP contribution is 2.17. The number of methoxy groups -OCH3 is 2. The molecule has 0 aromatic rings.